The third kappa shape index (κ3) is 3.98. The Labute approximate surface area is 253 Å². The van der Waals surface area contributed by atoms with Crippen molar-refractivity contribution in [1.82, 2.24) is 0 Å². The van der Waals surface area contributed by atoms with Crippen LogP contribution in [0.5, 0.6) is 11.5 Å². The summed E-state index contributed by atoms with van der Waals surface area (Å²) in [4.78, 5) is 57.6. The van der Waals surface area contributed by atoms with Gasteiger partial charge in [-0.05, 0) is 59.7 Å². The van der Waals surface area contributed by atoms with Crippen molar-refractivity contribution in [2.45, 2.75) is 24.4 Å². The molecule has 1 N–H and O–H groups in total. The summed E-state index contributed by atoms with van der Waals surface area (Å²) >= 11 is 0. The topological polar surface area (TPSA) is 102 Å². The number of rotatable bonds is 6. The summed E-state index contributed by atoms with van der Waals surface area (Å²) in [5.74, 6) is -1.80. The van der Waals surface area contributed by atoms with Crippen LogP contribution in [-0.4, -0.2) is 42.6 Å². The van der Waals surface area contributed by atoms with Crippen molar-refractivity contribution in [2.75, 3.05) is 17.3 Å². The standard InChI is InChI=1S/C36H28N2O6/c1-21(39)44-25-17-14-23(15-18-25)34(41)32-31(33(40)24-9-7-10-26(20-24)43-2)36(27-11-4-5-12-28(27)37-35(36)42)30-19-16-22-8-3-6-13-29(22)38(30)32/h3-20,30-32H,1-2H3,(H,37,42)/t30-,31+,32-,36+/m1/s1. The van der Waals surface area contributed by atoms with Crippen LogP contribution in [0.2, 0.25) is 0 Å². The third-order valence-corrected chi connectivity index (χ3v) is 8.85. The van der Waals surface area contributed by atoms with Gasteiger partial charge < -0.3 is 19.7 Å². The van der Waals surface area contributed by atoms with Crippen LogP contribution in [0.3, 0.4) is 0 Å². The smallest absolute Gasteiger partial charge is 0.308 e. The molecule has 3 aliphatic heterocycles. The number of nitrogens with zero attached hydrogens (tertiary/aromatic N) is 1. The lowest BCUT2D eigenvalue weighted by Gasteiger charge is -2.37. The van der Waals surface area contributed by atoms with Crippen molar-refractivity contribution in [2.24, 2.45) is 5.92 Å². The number of anilines is 2. The number of hydrogen-bond acceptors (Lipinski definition) is 7. The molecule has 218 valence electrons. The number of carbonyl (C=O) groups is 4. The minimum atomic E-state index is -1.42. The number of hydrogen-bond donors (Lipinski definition) is 1. The zero-order valence-electron chi connectivity index (χ0n) is 24.0. The van der Waals surface area contributed by atoms with Gasteiger partial charge in [0.1, 0.15) is 23.0 Å². The van der Waals surface area contributed by atoms with E-state index in [0.717, 1.165) is 11.3 Å². The normalized spacial score (nSPS) is 22.5. The summed E-state index contributed by atoms with van der Waals surface area (Å²) in [7, 11) is 1.52. The number of ether oxygens (including phenoxy) is 2. The van der Waals surface area contributed by atoms with Gasteiger partial charge in [-0.25, -0.2) is 0 Å². The molecule has 4 atom stereocenters. The number of methoxy groups -OCH3 is 1. The Kier molecular flexibility index (Phi) is 6.43. The number of amides is 1. The second kappa shape index (κ2) is 10.3. The molecule has 8 nitrogen and oxygen atoms in total. The summed E-state index contributed by atoms with van der Waals surface area (Å²) in [6.07, 6.45) is 3.90. The van der Waals surface area contributed by atoms with Crippen LogP contribution in [-0.2, 0) is 15.0 Å². The fourth-order valence-corrected chi connectivity index (χ4v) is 7.10. The molecule has 1 spiro atoms. The van der Waals surface area contributed by atoms with Gasteiger partial charge in [0.15, 0.2) is 11.6 Å². The van der Waals surface area contributed by atoms with Gasteiger partial charge in [-0.3, -0.25) is 19.2 Å². The summed E-state index contributed by atoms with van der Waals surface area (Å²) in [6.45, 7) is 1.30. The van der Waals surface area contributed by atoms with Gasteiger partial charge in [-0.2, -0.15) is 0 Å². The lowest BCUT2D eigenvalue weighted by atomic mass is 9.64. The molecule has 0 bridgehead atoms. The summed E-state index contributed by atoms with van der Waals surface area (Å²) < 4.78 is 10.6. The SMILES string of the molecule is COc1cccc(C(=O)[C@@H]2[C@H](C(=O)c3ccc(OC(C)=O)cc3)N3c4ccccc4C=C[C@@H]3[C@]23C(=O)Nc2ccccc23)c1. The number of benzene rings is 4. The van der Waals surface area contributed by atoms with Crippen molar-refractivity contribution in [3.63, 3.8) is 0 Å². The van der Waals surface area contributed by atoms with Gasteiger partial charge >= 0.3 is 5.97 Å². The molecule has 1 fully saturated rings. The molecule has 0 saturated carbocycles. The molecule has 7 rings (SSSR count). The minimum Gasteiger partial charge on any atom is -0.497 e. The van der Waals surface area contributed by atoms with E-state index in [-0.39, 0.29) is 17.5 Å². The fraction of sp³-hybridized carbons (Fsp3) is 0.167. The van der Waals surface area contributed by atoms with Crippen LogP contribution in [0, 0.1) is 5.92 Å². The highest BCUT2D eigenvalue weighted by atomic mass is 16.5. The molecule has 0 unspecified atom stereocenters. The first-order valence-electron chi connectivity index (χ1n) is 14.3. The Hall–Kier alpha value is -5.50. The van der Waals surface area contributed by atoms with E-state index in [0.29, 0.717) is 33.9 Å². The predicted octanol–water partition coefficient (Wildman–Crippen LogP) is 5.48. The molecular formula is C36H28N2O6. The number of carbonyl (C=O) groups excluding carboxylic acids is 4. The van der Waals surface area contributed by atoms with E-state index in [1.165, 1.54) is 14.0 Å². The van der Waals surface area contributed by atoms with Crippen molar-refractivity contribution < 1.29 is 28.7 Å². The number of para-hydroxylation sites is 2. The van der Waals surface area contributed by atoms with E-state index in [2.05, 4.69) is 5.32 Å². The van der Waals surface area contributed by atoms with E-state index >= 15 is 0 Å². The average molecular weight is 585 g/mol. The van der Waals surface area contributed by atoms with Crippen molar-refractivity contribution in [3.05, 3.63) is 125 Å². The molecule has 4 aromatic carbocycles. The molecule has 0 radical (unpaired) electrons. The van der Waals surface area contributed by atoms with E-state index in [1.54, 1.807) is 48.5 Å². The Morgan fingerprint density at radius 2 is 1.57 bits per heavy atom. The molecule has 44 heavy (non-hydrogen) atoms. The second-order valence-electron chi connectivity index (χ2n) is 11.1. The van der Waals surface area contributed by atoms with E-state index in [4.69, 9.17) is 9.47 Å². The van der Waals surface area contributed by atoms with Gasteiger partial charge in [0.2, 0.25) is 5.91 Å². The van der Waals surface area contributed by atoms with Gasteiger partial charge in [0.25, 0.3) is 0 Å². The van der Waals surface area contributed by atoms with Gasteiger partial charge in [0, 0.05) is 29.4 Å². The van der Waals surface area contributed by atoms with E-state index in [1.807, 2.05) is 65.6 Å². The Bertz CT molecular complexity index is 1880. The average Bonchev–Trinajstić information content (AvgIpc) is 3.52. The maximum atomic E-state index is 14.9. The van der Waals surface area contributed by atoms with Crippen molar-refractivity contribution >= 4 is 40.9 Å². The molecule has 1 saturated heterocycles. The molecule has 3 heterocycles. The first-order chi connectivity index (χ1) is 21.3. The van der Waals surface area contributed by atoms with Crippen LogP contribution in [0.25, 0.3) is 6.08 Å². The highest BCUT2D eigenvalue weighted by Gasteiger charge is 2.70. The van der Waals surface area contributed by atoms with E-state index < -0.39 is 29.4 Å². The first kappa shape index (κ1) is 27.3. The van der Waals surface area contributed by atoms with E-state index in [9.17, 15) is 19.2 Å². The number of esters is 1. The number of ketones is 2. The quantitative estimate of drug-likeness (QED) is 0.182. The van der Waals surface area contributed by atoms with Crippen LogP contribution in [0.15, 0.2) is 103 Å². The van der Waals surface area contributed by atoms with Crippen molar-refractivity contribution in [3.8, 4) is 11.5 Å². The summed E-state index contributed by atoms with van der Waals surface area (Å²) in [5.41, 5.74) is 2.17. The van der Waals surface area contributed by atoms with Crippen LogP contribution in [0.4, 0.5) is 11.4 Å². The molecular weight excluding hydrogens is 556 g/mol. The van der Waals surface area contributed by atoms with Gasteiger partial charge in [-0.15, -0.1) is 0 Å². The maximum absolute atomic E-state index is 14.9. The summed E-state index contributed by atoms with van der Waals surface area (Å²) in [5, 5.41) is 3.03. The third-order valence-electron chi connectivity index (χ3n) is 8.85. The minimum absolute atomic E-state index is 0.300. The van der Waals surface area contributed by atoms with Crippen molar-refractivity contribution in [1.29, 1.82) is 0 Å². The molecule has 0 aromatic heterocycles. The fourth-order valence-electron chi connectivity index (χ4n) is 7.10. The van der Waals surface area contributed by atoms with Gasteiger partial charge in [0.05, 0.1) is 19.1 Å². The lowest BCUT2D eigenvalue weighted by Crippen LogP contribution is -2.51. The van der Waals surface area contributed by atoms with Crippen LogP contribution in [0.1, 0.15) is 38.8 Å². The zero-order valence-corrected chi connectivity index (χ0v) is 24.0. The van der Waals surface area contributed by atoms with Gasteiger partial charge in [-0.1, -0.05) is 60.7 Å². The zero-order chi connectivity index (χ0) is 30.6. The highest BCUT2D eigenvalue weighted by molar-refractivity contribution is 6.18. The molecule has 0 aliphatic carbocycles. The lowest BCUT2D eigenvalue weighted by molar-refractivity contribution is -0.131. The monoisotopic (exact) mass is 584 g/mol. The predicted molar refractivity (Wildman–Crippen MR) is 165 cm³/mol. The second-order valence-corrected chi connectivity index (χ2v) is 11.1. The Balaban J connectivity index is 1.48. The maximum Gasteiger partial charge on any atom is 0.308 e. The first-order valence-corrected chi connectivity index (χ1v) is 14.3. The molecule has 1 amide bonds. The number of fused-ring (bicyclic) bond motifs is 6. The Morgan fingerprint density at radius 1 is 0.818 bits per heavy atom. The number of nitrogens with one attached hydrogen (secondary N) is 1. The molecule has 4 aromatic rings. The summed E-state index contributed by atoms with van der Waals surface area (Å²) in [6, 6.07) is 26.4. The number of Topliss-reactive ketones (excluding diaryl/α,β-unsaturated/α-hetero) is 2. The Morgan fingerprint density at radius 3 is 2.34 bits per heavy atom. The molecule has 8 heteroatoms. The highest BCUT2D eigenvalue weighted by Crippen LogP contribution is 2.58. The van der Waals surface area contributed by atoms with Crippen LogP contribution < -0.4 is 19.7 Å². The largest absolute Gasteiger partial charge is 0.497 e. The molecule has 3 aliphatic rings. The van der Waals surface area contributed by atoms with Crippen LogP contribution >= 0.6 is 0 Å².